The topological polar surface area (TPSA) is 162 Å². The van der Waals surface area contributed by atoms with Crippen LogP contribution in [0.1, 0.15) is 26.5 Å². The molecular weight excluding hydrogens is 428 g/mol. The number of rotatable bonds is 3. The molecule has 0 unspecified atom stereocenters. The zero-order valence-electron chi connectivity index (χ0n) is 19.8. The quantitative estimate of drug-likeness (QED) is 0.385. The predicted octanol–water partition coefficient (Wildman–Crippen LogP) is 1.48. The highest BCUT2D eigenvalue weighted by Gasteiger charge is 2.05. The highest BCUT2D eigenvalue weighted by atomic mass is 16.5. The fourth-order valence-electron chi connectivity index (χ4n) is 2.16. The summed E-state index contributed by atoms with van der Waals surface area (Å²) in [6.45, 7) is 6.73. The van der Waals surface area contributed by atoms with E-state index in [1.807, 2.05) is 6.07 Å². The summed E-state index contributed by atoms with van der Waals surface area (Å²) in [7, 11) is 3.49. The minimum Gasteiger partial charge on any atom is -0.460 e. The van der Waals surface area contributed by atoms with Crippen LogP contribution >= 0.6 is 0 Å². The number of esters is 1. The molecule has 0 amide bonds. The predicted molar refractivity (Wildman–Crippen MR) is 128 cm³/mol. The molecular formula is C22H32N6O5. The van der Waals surface area contributed by atoms with Gasteiger partial charge >= 0.3 is 5.97 Å². The van der Waals surface area contributed by atoms with Gasteiger partial charge in [-0.15, -0.1) is 0 Å². The Morgan fingerprint density at radius 2 is 1.76 bits per heavy atom. The lowest BCUT2D eigenvalue weighted by molar-refractivity contribution is -0.152. The number of carbonyl (C=O) groups is 2. The maximum atomic E-state index is 11.4. The molecule has 0 spiro atoms. The number of ketones is 1. The minimum absolute atomic E-state index is 0.0915. The van der Waals surface area contributed by atoms with Crippen molar-refractivity contribution in [1.29, 1.82) is 0 Å². The maximum Gasteiger partial charge on any atom is 0.374 e. The van der Waals surface area contributed by atoms with Crippen LogP contribution in [0.3, 0.4) is 0 Å². The molecule has 11 nitrogen and oxygen atoms in total. The number of Topliss-reactive ketones (excluding diaryl/α,β-unsaturated/α-hetero) is 1. The summed E-state index contributed by atoms with van der Waals surface area (Å²) in [4.78, 5) is 43.9. The lowest BCUT2D eigenvalue weighted by Crippen LogP contribution is -2.21. The number of nitrogen functional groups attached to an aromatic ring is 1. The minimum atomic E-state index is -0.757. The molecule has 180 valence electrons. The first-order valence-corrected chi connectivity index (χ1v) is 10.1. The molecule has 0 aliphatic heterocycles. The van der Waals surface area contributed by atoms with Crippen LogP contribution < -0.4 is 16.6 Å². The maximum absolute atomic E-state index is 11.4. The molecule has 33 heavy (non-hydrogen) atoms. The summed E-state index contributed by atoms with van der Waals surface area (Å²) < 4.78 is 5.83. The van der Waals surface area contributed by atoms with Gasteiger partial charge in [0.15, 0.2) is 5.65 Å². The van der Waals surface area contributed by atoms with E-state index < -0.39 is 11.8 Å². The molecule has 3 rings (SSSR count). The van der Waals surface area contributed by atoms with Crippen LogP contribution in [0.4, 0.5) is 11.5 Å². The molecule has 0 saturated carbocycles. The van der Waals surface area contributed by atoms with Crippen molar-refractivity contribution < 1.29 is 19.4 Å². The molecule has 0 saturated heterocycles. The summed E-state index contributed by atoms with van der Waals surface area (Å²) in [5, 5.41) is 10.4. The number of nitrogens with one attached hydrogen (secondary N) is 1. The Hall–Kier alpha value is -3.86. The van der Waals surface area contributed by atoms with Gasteiger partial charge in [0.2, 0.25) is 5.78 Å². The zero-order valence-corrected chi connectivity index (χ0v) is 19.8. The smallest absolute Gasteiger partial charge is 0.374 e. The Labute approximate surface area is 192 Å². The molecule has 4 N–H and O–H groups in total. The van der Waals surface area contributed by atoms with Crippen LogP contribution in [-0.4, -0.2) is 56.6 Å². The monoisotopic (exact) mass is 460 g/mol. The van der Waals surface area contributed by atoms with Gasteiger partial charge in [0.1, 0.15) is 17.0 Å². The molecule has 0 aliphatic carbocycles. The van der Waals surface area contributed by atoms with E-state index in [9.17, 15) is 14.4 Å². The Kier molecular flexibility index (Phi) is 14.0. The lowest BCUT2D eigenvalue weighted by Gasteiger charge is -2.02. The first-order chi connectivity index (χ1) is 15.6. The number of nitrogens with two attached hydrogens (primary N) is 1. The molecule has 0 aliphatic rings. The standard InChI is InChI=1S/C9H9N3O.C6H9N3.C5H8O3.C2H6O/c1-6-9(13)12(2)8-7(11-6)4-3-5-10-8;1-8-6-5(7)3-2-4-9-6;1-3-8-5(7)4(2)6;1-2-3/h3-5H,1-2H3;2-4H,7H2,1H3,(H,8,9);3H2,1-2H3;3H,2H2,1H3. The largest absolute Gasteiger partial charge is 0.460 e. The first-order valence-electron chi connectivity index (χ1n) is 10.1. The number of aliphatic hydroxyl groups excluding tert-OH is 1. The molecule has 3 heterocycles. The normalized spacial score (nSPS) is 9.18. The van der Waals surface area contributed by atoms with E-state index >= 15 is 0 Å². The zero-order chi connectivity index (χ0) is 25.4. The summed E-state index contributed by atoms with van der Waals surface area (Å²) >= 11 is 0. The number of carbonyl (C=O) groups excluding carboxylic acids is 2. The molecule has 0 bridgehead atoms. The van der Waals surface area contributed by atoms with Crippen molar-refractivity contribution in [3.05, 3.63) is 52.7 Å². The fourth-order valence-corrected chi connectivity index (χ4v) is 2.16. The van der Waals surface area contributed by atoms with Crippen LogP contribution in [-0.2, 0) is 21.4 Å². The Morgan fingerprint density at radius 1 is 1.18 bits per heavy atom. The molecule has 3 aromatic rings. The van der Waals surface area contributed by atoms with Crippen LogP contribution in [0.25, 0.3) is 11.2 Å². The number of aryl methyl sites for hydroxylation is 2. The van der Waals surface area contributed by atoms with Crippen molar-refractivity contribution in [1.82, 2.24) is 19.5 Å². The van der Waals surface area contributed by atoms with Crippen LogP contribution in [0, 0.1) is 6.92 Å². The van der Waals surface area contributed by atoms with Gasteiger partial charge in [-0.25, -0.2) is 19.7 Å². The molecule has 0 aromatic carbocycles. The van der Waals surface area contributed by atoms with Crippen molar-refractivity contribution in [2.24, 2.45) is 7.05 Å². The Morgan fingerprint density at radius 3 is 2.21 bits per heavy atom. The molecule has 0 fully saturated rings. The number of aromatic nitrogens is 4. The number of pyridine rings is 2. The van der Waals surface area contributed by atoms with Gasteiger partial charge in [-0.05, 0) is 45.0 Å². The number of fused-ring (bicyclic) bond motifs is 1. The second kappa shape index (κ2) is 15.9. The van der Waals surface area contributed by atoms with Crippen molar-refractivity contribution >= 4 is 34.4 Å². The van der Waals surface area contributed by atoms with Crippen molar-refractivity contribution in [2.75, 3.05) is 31.3 Å². The van der Waals surface area contributed by atoms with E-state index in [1.54, 1.807) is 65.5 Å². The molecule has 11 heteroatoms. The third-order valence-electron chi connectivity index (χ3n) is 3.62. The molecule has 0 radical (unpaired) electrons. The molecule has 3 aromatic heterocycles. The van der Waals surface area contributed by atoms with Crippen molar-refractivity contribution in [3.63, 3.8) is 0 Å². The average molecular weight is 461 g/mol. The number of hydrogen-bond donors (Lipinski definition) is 3. The summed E-state index contributed by atoms with van der Waals surface area (Å²) in [5.41, 5.74) is 7.97. The summed E-state index contributed by atoms with van der Waals surface area (Å²) in [6.07, 6.45) is 3.35. The van der Waals surface area contributed by atoms with Gasteiger partial charge in [-0.1, -0.05) is 0 Å². The SMILES string of the molecule is CCO.CCOC(=O)C(C)=O.CNc1ncccc1N.Cc1nc2cccnc2n(C)c1=O. The number of ether oxygens (including phenoxy) is 1. The van der Waals surface area contributed by atoms with Gasteiger partial charge < -0.3 is 20.9 Å². The fraction of sp³-hybridized carbons (Fsp3) is 0.364. The van der Waals surface area contributed by atoms with E-state index in [1.165, 1.54) is 11.5 Å². The van der Waals surface area contributed by atoms with Crippen molar-refractivity contribution in [3.8, 4) is 0 Å². The number of aliphatic hydroxyl groups is 1. The van der Waals surface area contributed by atoms with Gasteiger partial charge in [-0.2, -0.15) is 0 Å². The van der Waals surface area contributed by atoms with E-state index in [-0.39, 0.29) is 18.8 Å². The molecule has 0 atom stereocenters. The Bertz CT molecular complexity index is 1080. The van der Waals surface area contributed by atoms with Crippen LogP contribution in [0.5, 0.6) is 0 Å². The number of hydrogen-bond acceptors (Lipinski definition) is 10. The number of nitrogens with zero attached hydrogens (tertiary/aromatic N) is 4. The van der Waals surface area contributed by atoms with Gasteiger partial charge in [0, 0.05) is 40.0 Å². The van der Waals surface area contributed by atoms with Gasteiger partial charge in [0.25, 0.3) is 5.56 Å². The third kappa shape index (κ3) is 10.3. The summed E-state index contributed by atoms with van der Waals surface area (Å²) in [5.74, 6) is -0.572. The van der Waals surface area contributed by atoms with Crippen LogP contribution in [0.15, 0.2) is 41.5 Å². The van der Waals surface area contributed by atoms with Crippen molar-refractivity contribution in [2.45, 2.75) is 27.7 Å². The van der Waals surface area contributed by atoms with E-state index in [0.29, 0.717) is 17.0 Å². The Balaban J connectivity index is 0.000000455. The number of anilines is 2. The highest BCUT2D eigenvalue weighted by molar-refractivity contribution is 6.32. The summed E-state index contributed by atoms with van der Waals surface area (Å²) in [6, 6.07) is 7.25. The average Bonchev–Trinajstić information content (AvgIpc) is 2.79. The third-order valence-corrected chi connectivity index (χ3v) is 3.62. The van der Waals surface area contributed by atoms with E-state index in [0.717, 1.165) is 11.3 Å². The second-order valence-electron chi connectivity index (χ2n) is 6.19. The van der Waals surface area contributed by atoms with E-state index in [4.69, 9.17) is 10.8 Å². The van der Waals surface area contributed by atoms with Crippen LogP contribution in [0.2, 0.25) is 0 Å². The second-order valence-corrected chi connectivity index (χ2v) is 6.19. The van der Waals surface area contributed by atoms with Gasteiger partial charge in [-0.3, -0.25) is 14.2 Å². The van der Waals surface area contributed by atoms with E-state index in [2.05, 4.69) is 25.0 Å². The van der Waals surface area contributed by atoms with Gasteiger partial charge in [0.05, 0.1) is 12.3 Å². The lowest BCUT2D eigenvalue weighted by atomic mass is 10.4. The highest BCUT2D eigenvalue weighted by Crippen LogP contribution is 2.10. The first kappa shape index (κ1) is 29.1.